The molecule has 0 atom stereocenters. The van der Waals surface area contributed by atoms with Gasteiger partial charge in [0.25, 0.3) is 0 Å². The summed E-state index contributed by atoms with van der Waals surface area (Å²) in [5, 5.41) is 11.6. The molecular formula is C22H24ClN3O4S. The maximum Gasteiger partial charge on any atom is 0.223 e. The number of aliphatic hydroxyl groups is 1. The van der Waals surface area contributed by atoms with Crippen LogP contribution in [0, 0.1) is 0 Å². The lowest BCUT2D eigenvalue weighted by atomic mass is 10.0. The van der Waals surface area contributed by atoms with Crippen molar-refractivity contribution in [3.8, 4) is 0 Å². The number of hydrogen-bond donors (Lipinski definition) is 1. The minimum absolute atomic E-state index is 0.0430. The predicted octanol–water partition coefficient (Wildman–Crippen LogP) is 3.21. The number of amides is 1. The van der Waals surface area contributed by atoms with E-state index in [4.69, 9.17) is 11.6 Å². The number of benzene rings is 2. The third-order valence-corrected chi connectivity index (χ3v) is 7.77. The van der Waals surface area contributed by atoms with Crippen molar-refractivity contribution >= 4 is 38.1 Å². The number of rotatable bonds is 6. The maximum atomic E-state index is 12.8. The molecule has 0 saturated carbocycles. The van der Waals surface area contributed by atoms with E-state index < -0.39 is 9.84 Å². The van der Waals surface area contributed by atoms with Gasteiger partial charge in [-0.1, -0.05) is 23.7 Å². The highest BCUT2D eigenvalue weighted by Gasteiger charge is 2.26. The van der Waals surface area contributed by atoms with Crippen LogP contribution < -0.4 is 0 Å². The molecule has 1 saturated heterocycles. The summed E-state index contributed by atoms with van der Waals surface area (Å²) >= 11 is 5.98. The van der Waals surface area contributed by atoms with Crippen LogP contribution in [0.2, 0.25) is 5.02 Å². The number of nitrogens with zero attached hydrogens (tertiary/aromatic N) is 3. The zero-order chi connectivity index (χ0) is 22.0. The normalized spacial score (nSPS) is 15.5. The van der Waals surface area contributed by atoms with Gasteiger partial charge in [-0.15, -0.1) is 0 Å². The summed E-state index contributed by atoms with van der Waals surface area (Å²) in [6.45, 7) is 0.998. The summed E-state index contributed by atoms with van der Waals surface area (Å²) in [6, 6.07) is 10.4. The Kier molecular flexibility index (Phi) is 6.31. The third kappa shape index (κ3) is 4.76. The SMILES string of the molecule is O=C(CCS(=O)(=O)c1ccc2cc(Cl)ccc2c1)N1CCC(n2ccnc2CO)CC1. The zero-order valence-electron chi connectivity index (χ0n) is 16.9. The highest BCUT2D eigenvalue weighted by atomic mass is 35.5. The summed E-state index contributed by atoms with van der Waals surface area (Å²) in [5.41, 5.74) is 0. The summed E-state index contributed by atoms with van der Waals surface area (Å²) < 4.78 is 27.5. The number of carbonyl (C=O) groups excluding carboxylic acids is 1. The van der Waals surface area contributed by atoms with Gasteiger partial charge in [0.15, 0.2) is 9.84 Å². The van der Waals surface area contributed by atoms with Crippen LogP contribution in [0.15, 0.2) is 53.7 Å². The first kappa shape index (κ1) is 21.8. The molecule has 0 spiro atoms. The summed E-state index contributed by atoms with van der Waals surface area (Å²) in [4.78, 5) is 18.7. The van der Waals surface area contributed by atoms with Crippen molar-refractivity contribution < 1.29 is 18.3 Å². The average molecular weight is 462 g/mol. The Morgan fingerprint density at radius 3 is 2.58 bits per heavy atom. The first-order valence-electron chi connectivity index (χ1n) is 10.2. The lowest BCUT2D eigenvalue weighted by Gasteiger charge is -2.33. The molecule has 2 heterocycles. The van der Waals surface area contributed by atoms with Crippen LogP contribution in [-0.2, 0) is 21.2 Å². The summed E-state index contributed by atoms with van der Waals surface area (Å²) in [6.07, 6.45) is 4.95. The Balaban J connectivity index is 1.35. The van der Waals surface area contributed by atoms with E-state index >= 15 is 0 Å². The standard InChI is InChI=1S/C22H24ClN3O4S/c23-18-3-1-17-14-20(4-2-16(17)13-18)31(29,30)12-7-22(28)25-9-5-19(6-10-25)26-11-8-24-21(26)15-27/h1-4,8,11,13-14,19,27H,5-7,9-10,12,15H2. The highest BCUT2D eigenvalue weighted by Crippen LogP contribution is 2.26. The molecule has 1 amide bonds. The molecule has 7 nitrogen and oxygen atoms in total. The monoisotopic (exact) mass is 461 g/mol. The largest absolute Gasteiger partial charge is 0.388 e. The molecule has 0 radical (unpaired) electrons. The molecule has 3 aromatic rings. The molecule has 2 aromatic carbocycles. The van der Waals surface area contributed by atoms with Gasteiger partial charge in [-0.3, -0.25) is 4.79 Å². The number of halogens is 1. The van der Waals surface area contributed by atoms with E-state index in [-0.39, 0.29) is 35.6 Å². The van der Waals surface area contributed by atoms with Crippen LogP contribution >= 0.6 is 11.6 Å². The van der Waals surface area contributed by atoms with Gasteiger partial charge in [0.1, 0.15) is 12.4 Å². The fraction of sp³-hybridized carbons (Fsp3) is 0.364. The van der Waals surface area contributed by atoms with Crippen molar-refractivity contribution in [2.45, 2.75) is 36.8 Å². The molecule has 0 aliphatic carbocycles. The number of sulfone groups is 1. The molecule has 0 bridgehead atoms. The Hall–Kier alpha value is -2.42. The first-order chi connectivity index (χ1) is 14.9. The Morgan fingerprint density at radius 2 is 1.84 bits per heavy atom. The van der Waals surface area contributed by atoms with Crippen molar-refractivity contribution in [2.75, 3.05) is 18.8 Å². The van der Waals surface area contributed by atoms with Crippen molar-refractivity contribution in [3.63, 3.8) is 0 Å². The number of aliphatic hydroxyl groups excluding tert-OH is 1. The molecule has 1 aliphatic heterocycles. The number of hydrogen-bond acceptors (Lipinski definition) is 5. The van der Waals surface area contributed by atoms with Crippen LogP contribution in [0.25, 0.3) is 10.8 Å². The molecule has 1 aromatic heterocycles. The lowest BCUT2D eigenvalue weighted by molar-refractivity contribution is -0.132. The number of aromatic nitrogens is 2. The first-order valence-corrected chi connectivity index (χ1v) is 12.2. The lowest BCUT2D eigenvalue weighted by Crippen LogP contribution is -2.39. The second kappa shape index (κ2) is 8.98. The van der Waals surface area contributed by atoms with Gasteiger partial charge in [-0.25, -0.2) is 13.4 Å². The summed E-state index contributed by atoms with van der Waals surface area (Å²) in [5.74, 6) is 0.247. The van der Waals surface area contributed by atoms with Crippen molar-refractivity contribution in [1.82, 2.24) is 14.5 Å². The van der Waals surface area contributed by atoms with E-state index in [1.807, 2.05) is 10.8 Å². The van der Waals surface area contributed by atoms with Crippen molar-refractivity contribution in [1.29, 1.82) is 0 Å². The second-order valence-corrected chi connectivity index (χ2v) is 10.3. The van der Waals surface area contributed by atoms with Crippen LogP contribution in [0.3, 0.4) is 0 Å². The van der Waals surface area contributed by atoms with Gasteiger partial charge in [-0.05, 0) is 47.9 Å². The molecule has 1 N–H and O–H groups in total. The molecule has 4 rings (SSSR count). The van der Waals surface area contributed by atoms with E-state index in [1.165, 1.54) is 0 Å². The van der Waals surface area contributed by atoms with E-state index in [0.29, 0.717) is 23.9 Å². The molecule has 1 fully saturated rings. The number of imidazole rings is 1. The van der Waals surface area contributed by atoms with Gasteiger partial charge in [0.2, 0.25) is 5.91 Å². The van der Waals surface area contributed by atoms with Crippen LogP contribution in [0.5, 0.6) is 0 Å². The van der Waals surface area contributed by atoms with Crippen LogP contribution in [-0.4, -0.2) is 52.7 Å². The summed E-state index contributed by atoms with van der Waals surface area (Å²) in [7, 11) is -3.57. The molecule has 164 valence electrons. The van der Waals surface area contributed by atoms with Gasteiger partial charge in [-0.2, -0.15) is 0 Å². The Labute approximate surface area is 186 Å². The predicted molar refractivity (Wildman–Crippen MR) is 119 cm³/mol. The Morgan fingerprint density at radius 1 is 1.13 bits per heavy atom. The average Bonchev–Trinajstić information content (AvgIpc) is 3.26. The quantitative estimate of drug-likeness (QED) is 0.608. The molecule has 31 heavy (non-hydrogen) atoms. The number of carbonyl (C=O) groups is 1. The minimum Gasteiger partial charge on any atom is -0.388 e. The molecule has 1 aliphatic rings. The van der Waals surface area contributed by atoms with E-state index in [2.05, 4.69) is 4.98 Å². The zero-order valence-corrected chi connectivity index (χ0v) is 18.5. The van der Waals surface area contributed by atoms with Gasteiger partial charge >= 0.3 is 0 Å². The molecule has 0 unspecified atom stereocenters. The maximum absolute atomic E-state index is 12.8. The van der Waals surface area contributed by atoms with Gasteiger partial charge < -0.3 is 14.6 Å². The smallest absolute Gasteiger partial charge is 0.223 e. The van der Waals surface area contributed by atoms with E-state index in [0.717, 1.165) is 23.6 Å². The van der Waals surface area contributed by atoms with Gasteiger partial charge in [0.05, 0.1) is 10.6 Å². The second-order valence-electron chi connectivity index (χ2n) is 7.74. The van der Waals surface area contributed by atoms with Gasteiger partial charge in [0, 0.05) is 43.0 Å². The third-order valence-electron chi connectivity index (χ3n) is 5.82. The van der Waals surface area contributed by atoms with E-state index in [9.17, 15) is 18.3 Å². The number of piperidine rings is 1. The molecule has 9 heteroatoms. The fourth-order valence-electron chi connectivity index (χ4n) is 4.08. The van der Waals surface area contributed by atoms with E-state index in [1.54, 1.807) is 47.5 Å². The van der Waals surface area contributed by atoms with Crippen molar-refractivity contribution in [2.24, 2.45) is 0 Å². The Bertz CT molecular complexity index is 1200. The number of likely N-dealkylation sites (tertiary alicyclic amines) is 1. The van der Waals surface area contributed by atoms with Crippen LogP contribution in [0.4, 0.5) is 0 Å². The highest BCUT2D eigenvalue weighted by molar-refractivity contribution is 7.91. The fourth-order valence-corrected chi connectivity index (χ4v) is 5.52. The molecular weight excluding hydrogens is 438 g/mol. The van der Waals surface area contributed by atoms with Crippen molar-refractivity contribution in [3.05, 3.63) is 59.6 Å². The number of fused-ring (bicyclic) bond motifs is 1. The topological polar surface area (TPSA) is 92.5 Å². The van der Waals surface area contributed by atoms with Crippen LogP contribution in [0.1, 0.15) is 31.1 Å². The minimum atomic E-state index is -3.57.